The van der Waals surface area contributed by atoms with Gasteiger partial charge in [0.15, 0.2) is 5.69 Å². The van der Waals surface area contributed by atoms with Gasteiger partial charge in [0.05, 0.1) is 18.3 Å². The number of hydrogen-bond donors (Lipinski definition) is 2. The second-order valence-electron chi connectivity index (χ2n) is 6.68. The van der Waals surface area contributed by atoms with E-state index in [0.29, 0.717) is 11.7 Å². The molecule has 4 rings (SSSR count). The lowest BCUT2D eigenvalue weighted by Gasteiger charge is -2.26. The van der Waals surface area contributed by atoms with Crippen molar-refractivity contribution in [2.24, 2.45) is 0 Å². The van der Waals surface area contributed by atoms with Crippen LogP contribution in [0.25, 0.3) is 0 Å². The zero-order chi connectivity index (χ0) is 16.4. The van der Waals surface area contributed by atoms with Crippen molar-refractivity contribution in [2.45, 2.75) is 44.2 Å². The Morgan fingerprint density at radius 1 is 1.21 bits per heavy atom. The van der Waals surface area contributed by atoms with Gasteiger partial charge in [0, 0.05) is 0 Å². The highest BCUT2D eigenvalue weighted by molar-refractivity contribution is 5.92. The summed E-state index contributed by atoms with van der Waals surface area (Å²) in [6.45, 7) is 1.98. The van der Waals surface area contributed by atoms with Crippen LogP contribution >= 0.6 is 0 Å². The van der Waals surface area contributed by atoms with Gasteiger partial charge in [-0.05, 0) is 56.3 Å². The zero-order valence-electron chi connectivity index (χ0n) is 13.7. The van der Waals surface area contributed by atoms with Crippen molar-refractivity contribution in [1.29, 1.82) is 0 Å². The molecular weight excluding hydrogens is 302 g/mol. The van der Waals surface area contributed by atoms with Gasteiger partial charge in [0.1, 0.15) is 0 Å². The highest BCUT2D eigenvalue weighted by Gasteiger charge is 2.24. The van der Waals surface area contributed by atoms with Crippen LogP contribution in [-0.4, -0.2) is 34.0 Å². The van der Waals surface area contributed by atoms with Gasteiger partial charge in [0.2, 0.25) is 0 Å². The molecule has 1 aliphatic carbocycles. The van der Waals surface area contributed by atoms with E-state index in [4.69, 9.17) is 0 Å². The van der Waals surface area contributed by atoms with Gasteiger partial charge >= 0.3 is 0 Å². The molecule has 24 heavy (non-hydrogen) atoms. The molecule has 2 N–H and O–H groups in total. The van der Waals surface area contributed by atoms with Gasteiger partial charge in [-0.15, -0.1) is 5.10 Å². The van der Waals surface area contributed by atoms with Crippen molar-refractivity contribution in [3.8, 4) is 0 Å². The second kappa shape index (κ2) is 6.73. The summed E-state index contributed by atoms with van der Waals surface area (Å²) in [5.74, 6) is -0.128. The Labute approximate surface area is 141 Å². The van der Waals surface area contributed by atoms with Gasteiger partial charge in [-0.2, -0.15) is 0 Å². The molecule has 1 aromatic heterocycles. The topological polar surface area (TPSA) is 71.8 Å². The maximum atomic E-state index is 12.6. The van der Waals surface area contributed by atoms with Crippen molar-refractivity contribution in [1.82, 2.24) is 25.6 Å². The van der Waals surface area contributed by atoms with Crippen LogP contribution in [0, 0.1) is 0 Å². The number of amides is 1. The van der Waals surface area contributed by atoms with Crippen LogP contribution in [0.1, 0.15) is 59.4 Å². The molecule has 1 fully saturated rings. The third kappa shape index (κ3) is 3.06. The first kappa shape index (κ1) is 15.3. The van der Waals surface area contributed by atoms with Crippen molar-refractivity contribution < 1.29 is 4.79 Å². The molecule has 0 saturated carbocycles. The average molecular weight is 325 g/mol. The lowest BCUT2D eigenvalue weighted by atomic mass is 9.88. The van der Waals surface area contributed by atoms with E-state index < -0.39 is 0 Å². The lowest BCUT2D eigenvalue weighted by Crippen LogP contribution is -2.31. The van der Waals surface area contributed by atoms with Gasteiger partial charge < -0.3 is 10.6 Å². The van der Waals surface area contributed by atoms with Crippen LogP contribution in [-0.2, 0) is 6.42 Å². The monoisotopic (exact) mass is 325 g/mol. The normalized spacial score (nSPS) is 21.2. The van der Waals surface area contributed by atoms with Crippen molar-refractivity contribution in [3.05, 3.63) is 47.3 Å². The average Bonchev–Trinajstić information content (AvgIpc) is 3.13. The Kier molecular flexibility index (Phi) is 4.30. The van der Waals surface area contributed by atoms with E-state index in [2.05, 4.69) is 39.1 Å². The third-order valence-corrected chi connectivity index (χ3v) is 5.10. The van der Waals surface area contributed by atoms with E-state index in [9.17, 15) is 4.79 Å². The lowest BCUT2D eigenvalue weighted by molar-refractivity contribution is 0.0927. The number of aryl methyl sites for hydroxylation is 1. The summed E-state index contributed by atoms with van der Waals surface area (Å²) in [5.41, 5.74) is 2.99. The number of carbonyl (C=O) groups is 1. The van der Waals surface area contributed by atoms with Crippen molar-refractivity contribution >= 4 is 5.91 Å². The smallest absolute Gasteiger partial charge is 0.273 e. The Hall–Kier alpha value is -2.21. The standard InChI is InChI=1S/C18H23N5O/c24-18(17-12-23(22-21-17)14-8-10-19-11-9-14)20-16-7-3-5-13-4-1-2-6-15(13)16/h1-2,4,6,12,14,16,19H,3,5,7-11H2,(H,20,24). The molecule has 1 saturated heterocycles. The number of piperidine rings is 1. The number of nitrogens with zero attached hydrogens (tertiary/aromatic N) is 3. The van der Waals surface area contributed by atoms with E-state index in [1.165, 1.54) is 11.1 Å². The number of fused-ring (bicyclic) bond motifs is 1. The van der Waals surface area contributed by atoms with E-state index in [1.54, 1.807) is 6.20 Å². The Bertz CT molecular complexity index is 720. The predicted molar refractivity (Wildman–Crippen MR) is 90.7 cm³/mol. The Morgan fingerprint density at radius 2 is 2.04 bits per heavy atom. The van der Waals surface area contributed by atoms with E-state index in [-0.39, 0.29) is 11.9 Å². The van der Waals surface area contributed by atoms with Crippen molar-refractivity contribution in [2.75, 3.05) is 13.1 Å². The first-order valence-corrected chi connectivity index (χ1v) is 8.82. The summed E-state index contributed by atoms with van der Waals surface area (Å²) in [6, 6.07) is 8.79. The fourth-order valence-corrected chi connectivity index (χ4v) is 3.77. The maximum absolute atomic E-state index is 12.6. The van der Waals surface area contributed by atoms with E-state index >= 15 is 0 Å². The molecule has 0 bridgehead atoms. The molecule has 2 aromatic rings. The minimum Gasteiger partial charge on any atom is -0.344 e. The number of aromatic nitrogens is 3. The summed E-state index contributed by atoms with van der Waals surface area (Å²) in [4.78, 5) is 12.6. The Balaban J connectivity index is 1.46. The van der Waals surface area contributed by atoms with Gasteiger partial charge in [-0.1, -0.05) is 29.5 Å². The molecule has 1 aromatic carbocycles. The van der Waals surface area contributed by atoms with Gasteiger partial charge in [0.25, 0.3) is 5.91 Å². The zero-order valence-corrected chi connectivity index (χ0v) is 13.7. The highest BCUT2D eigenvalue weighted by Crippen LogP contribution is 2.29. The summed E-state index contributed by atoms with van der Waals surface area (Å²) in [5, 5.41) is 14.7. The highest BCUT2D eigenvalue weighted by atomic mass is 16.2. The fourth-order valence-electron chi connectivity index (χ4n) is 3.77. The maximum Gasteiger partial charge on any atom is 0.273 e. The molecule has 6 heteroatoms. The van der Waals surface area contributed by atoms with Gasteiger partial charge in [-0.3, -0.25) is 4.79 Å². The minimum atomic E-state index is -0.128. The SMILES string of the molecule is O=C(NC1CCCc2ccccc21)c1cn(C2CCNCC2)nn1. The van der Waals surface area contributed by atoms with Crippen LogP contribution in [0.4, 0.5) is 0 Å². The van der Waals surface area contributed by atoms with Crippen LogP contribution in [0.2, 0.25) is 0 Å². The number of rotatable bonds is 3. The molecule has 6 nitrogen and oxygen atoms in total. The minimum absolute atomic E-state index is 0.0754. The Morgan fingerprint density at radius 3 is 2.92 bits per heavy atom. The van der Waals surface area contributed by atoms with Gasteiger partial charge in [-0.25, -0.2) is 4.68 Å². The molecule has 2 aliphatic rings. The summed E-state index contributed by atoms with van der Waals surface area (Å²) in [6.07, 6.45) is 7.02. The quantitative estimate of drug-likeness (QED) is 0.905. The largest absolute Gasteiger partial charge is 0.344 e. The van der Waals surface area contributed by atoms with Crippen LogP contribution in [0.3, 0.4) is 0 Å². The second-order valence-corrected chi connectivity index (χ2v) is 6.68. The summed E-state index contributed by atoms with van der Waals surface area (Å²) in [7, 11) is 0. The summed E-state index contributed by atoms with van der Waals surface area (Å²) >= 11 is 0. The van der Waals surface area contributed by atoms with E-state index in [1.807, 2.05) is 10.7 Å². The van der Waals surface area contributed by atoms with Crippen LogP contribution < -0.4 is 10.6 Å². The fraction of sp³-hybridized carbons (Fsp3) is 0.500. The molecule has 126 valence electrons. The molecule has 2 heterocycles. The third-order valence-electron chi connectivity index (χ3n) is 5.10. The molecule has 1 amide bonds. The molecular formula is C18H23N5O. The molecule has 1 atom stereocenters. The molecule has 1 aliphatic heterocycles. The molecule has 1 unspecified atom stereocenters. The van der Waals surface area contributed by atoms with Crippen LogP contribution in [0.15, 0.2) is 30.5 Å². The summed E-state index contributed by atoms with van der Waals surface area (Å²) < 4.78 is 1.85. The first-order chi connectivity index (χ1) is 11.8. The number of hydrogen-bond acceptors (Lipinski definition) is 4. The van der Waals surface area contributed by atoms with Crippen LogP contribution in [0.5, 0.6) is 0 Å². The number of nitrogens with one attached hydrogen (secondary N) is 2. The number of carbonyl (C=O) groups excluding carboxylic acids is 1. The molecule has 0 radical (unpaired) electrons. The molecule has 0 spiro atoms. The number of benzene rings is 1. The van der Waals surface area contributed by atoms with E-state index in [0.717, 1.165) is 45.2 Å². The predicted octanol–water partition coefficient (Wildman–Crippen LogP) is 2.01. The first-order valence-electron chi connectivity index (χ1n) is 8.82. The van der Waals surface area contributed by atoms with Crippen molar-refractivity contribution in [3.63, 3.8) is 0 Å².